The molecule has 406 valence electrons. The molecule has 1 saturated carbocycles. The second-order valence-electron chi connectivity index (χ2n) is 21.9. The van der Waals surface area contributed by atoms with Gasteiger partial charge >= 0.3 is 6.18 Å². The molecule has 2 aromatic heterocycles. The zero-order valence-electron chi connectivity index (χ0n) is 44.2. The van der Waals surface area contributed by atoms with E-state index in [9.17, 15) is 42.7 Å². The van der Waals surface area contributed by atoms with Crippen LogP contribution in [0.2, 0.25) is 0 Å². The average molecular weight is 1080 g/mol. The van der Waals surface area contributed by atoms with Crippen LogP contribution in [0.1, 0.15) is 96.6 Å². The number of ether oxygens (including phenoxy) is 2. The molecule has 1 aliphatic carbocycles. The lowest BCUT2D eigenvalue weighted by Gasteiger charge is -2.63. The lowest BCUT2D eigenvalue weighted by Crippen LogP contribution is -2.74. The Morgan fingerprint density at radius 1 is 0.974 bits per heavy atom. The maximum Gasteiger partial charge on any atom is 0.417 e. The summed E-state index contributed by atoms with van der Waals surface area (Å²) in [6.45, 7) is 17.5. The van der Waals surface area contributed by atoms with Crippen molar-refractivity contribution in [1.29, 1.82) is 5.26 Å². The summed E-state index contributed by atoms with van der Waals surface area (Å²) in [5, 5.41) is 26.2. The number of amides is 4. The summed E-state index contributed by atoms with van der Waals surface area (Å²) in [6, 6.07) is 19.5. The smallest absolute Gasteiger partial charge is 0.417 e. The van der Waals surface area contributed by atoms with Crippen LogP contribution in [0.5, 0.6) is 11.5 Å². The Morgan fingerprint density at radius 2 is 1.71 bits per heavy atom. The lowest BCUT2D eigenvalue weighted by molar-refractivity contribution is -0.164. The minimum absolute atomic E-state index is 0.00613. The van der Waals surface area contributed by atoms with Crippen molar-refractivity contribution in [3.63, 3.8) is 0 Å². The highest BCUT2D eigenvalue weighted by Crippen LogP contribution is 2.56. The molecule has 5 aromatic rings. The number of hydrogen-bond donors (Lipinski definition) is 3. The van der Waals surface area contributed by atoms with Crippen LogP contribution in [0.25, 0.3) is 10.4 Å². The molecule has 0 unspecified atom stereocenters. The number of halogens is 3. The van der Waals surface area contributed by atoms with Gasteiger partial charge in [0.05, 0.1) is 44.9 Å². The van der Waals surface area contributed by atoms with Gasteiger partial charge in [0.25, 0.3) is 11.8 Å². The molecule has 0 radical (unpaired) electrons. The van der Waals surface area contributed by atoms with Crippen molar-refractivity contribution < 1.29 is 46.9 Å². The van der Waals surface area contributed by atoms with Gasteiger partial charge in [0, 0.05) is 93.0 Å². The van der Waals surface area contributed by atoms with Crippen LogP contribution >= 0.6 is 11.3 Å². The molecule has 4 aliphatic rings. The van der Waals surface area contributed by atoms with E-state index >= 15 is 0 Å². The lowest BCUT2D eigenvalue weighted by atomic mass is 9.49. The molecular weight excluding hydrogens is 1010 g/mol. The highest BCUT2D eigenvalue weighted by molar-refractivity contribution is 7.13. The van der Waals surface area contributed by atoms with Gasteiger partial charge in [-0.1, -0.05) is 71.9 Å². The monoisotopic (exact) mass is 1080 g/mol. The number of alkyl halides is 3. The molecule has 5 heterocycles. The molecule has 3 atom stereocenters. The van der Waals surface area contributed by atoms with E-state index in [0.29, 0.717) is 49.7 Å². The topological polar surface area (TPSA) is 194 Å². The van der Waals surface area contributed by atoms with E-state index in [4.69, 9.17) is 9.47 Å². The molecule has 3 fully saturated rings. The number of likely N-dealkylation sites (tertiary alicyclic amines) is 1. The fourth-order valence-corrected chi connectivity index (χ4v) is 12.7. The first kappa shape index (κ1) is 54.7. The zero-order valence-corrected chi connectivity index (χ0v) is 45.0. The highest BCUT2D eigenvalue weighted by atomic mass is 32.1. The second-order valence-corrected chi connectivity index (χ2v) is 22.8. The summed E-state index contributed by atoms with van der Waals surface area (Å²) in [4.78, 5) is 73.0. The number of fused-ring (bicyclic) bond motifs is 1. The van der Waals surface area contributed by atoms with Gasteiger partial charge in [0.2, 0.25) is 11.8 Å². The van der Waals surface area contributed by atoms with Crippen molar-refractivity contribution in [3.8, 4) is 28.0 Å². The largest absolute Gasteiger partial charge is 0.492 e. The van der Waals surface area contributed by atoms with Gasteiger partial charge in [-0.3, -0.25) is 24.1 Å². The number of β-amino-alcohol motifs (C(OH)–C–C–N with tert-alkyl or cyclic N) is 1. The van der Waals surface area contributed by atoms with Gasteiger partial charge in [-0.15, -0.1) is 11.3 Å². The Bertz CT molecular complexity index is 3060. The molecule has 20 heteroatoms. The van der Waals surface area contributed by atoms with E-state index in [2.05, 4.69) is 30.4 Å². The Labute approximate surface area is 450 Å². The van der Waals surface area contributed by atoms with Gasteiger partial charge in [-0.2, -0.15) is 18.4 Å². The molecule has 2 saturated heterocycles. The van der Waals surface area contributed by atoms with E-state index in [0.717, 1.165) is 58.3 Å². The summed E-state index contributed by atoms with van der Waals surface area (Å²) in [5.41, 5.74) is 3.25. The number of aliphatic hydroxyl groups excluding tert-OH is 1. The van der Waals surface area contributed by atoms with Crippen LogP contribution in [0.3, 0.4) is 0 Å². The van der Waals surface area contributed by atoms with Crippen molar-refractivity contribution in [2.75, 3.05) is 50.8 Å². The van der Waals surface area contributed by atoms with E-state index in [1.165, 1.54) is 22.3 Å². The Hall–Kier alpha value is -7.08. The van der Waals surface area contributed by atoms with Crippen LogP contribution in [0.4, 0.5) is 19.0 Å². The first-order valence-corrected chi connectivity index (χ1v) is 26.8. The summed E-state index contributed by atoms with van der Waals surface area (Å²) >= 11 is 1.52. The predicted octanol–water partition coefficient (Wildman–Crippen LogP) is 7.48. The van der Waals surface area contributed by atoms with E-state index < -0.39 is 58.3 Å². The number of carbonyl (C=O) groups is 4. The van der Waals surface area contributed by atoms with E-state index in [-0.39, 0.29) is 54.9 Å². The van der Waals surface area contributed by atoms with Crippen LogP contribution in [-0.2, 0) is 28.9 Å². The van der Waals surface area contributed by atoms with Crippen molar-refractivity contribution in [3.05, 3.63) is 124 Å². The zero-order chi connectivity index (χ0) is 55.1. The minimum Gasteiger partial charge on any atom is -0.492 e. The van der Waals surface area contributed by atoms with Gasteiger partial charge in [-0.25, -0.2) is 9.97 Å². The number of piperazine rings is 1. The number of pyridine rings is 1. The number of nitrogens with zero attached hydrogens (tertiary/aromatic N) is 7. The molecule has 9 rings (SSSR count). The average Bonchev–Trinajstić information content (AvgIpc) is 4.12. The van der Waals surface area contributed by atoms with Crippen molar-refractivity contribution in [2.45, 2.75) is 104 Å². The molecule has 4 amide bonds. The second kappa shape index (κ2) is 21.7. The number of hydrogen-bond acceptors (Lipinski definition) is 13. The number of rotatable bonds is 16. The molecule has 3 N–H and O–H groups in total. The molecule has 0 bridgehead atoms. The van der Waals surface area contributed by atoms with Crippen molar-refractivity contribution >= 4 is 40.8 Å². The maximum absolute atomic E-state index is 14.3. The number of nitriles is 1. The van der Waals surface area contributed by atoms with Crippen LogP contribution in [0, 0.1) is 35.0 Å². The fraction of sp³-hybridized carbons (Fsp3) is 0.456. The molecule has 0 spiro atoms. The van der Waals surface area contributed by atoms with Crippen LogP contribution in [0.15, 0.2) is 84.5 Å². The van der Waals surface area contributed by atoms with Crippen LogP contribution in [-0.4, -0.2) is 130 Å². The first-order valence-electron chi connectivity index (χ1n) is 25.9. The number of thiazole rings is 1. The molecule has 16 nitrogen and oxygen atoms in total. The van der Waals surface area contributed by atoms with Crippen LogP contribution < -0.4 is 25.0 Å². The predicted molar refractivity (Wildman–Crippen MR) is 283 cm³/mol. The number of aliphatic hydroxyl groups is 1. The standard InChI is InChI=1S/C57H64F3N9O7S/c1-33(2)47(69-30-39-10-8-9-11-42(39)51(69)73)52(74)68-31-40(70)25-44(68)50(72)63-28-37-13-12-35(48-34(3)64-32-77-48)24-45(37)75-23-22-66-18-20-67(21-19-66)46-17-15-38(29-62-46)49(71)65-53-55(4,5)54(56(53,6)7)76-41-16-14-36(27-61)43(26-41)57(58,59)60/h8-17,24,26,29,32-33,40,44,47,53-54,70H,18-23,25,28,30-31H2,1-7H3,(H,63,72)(H,65,71)/t40-,44+,47+,53-,54-/m1/s1. The number of aromatic nitrogens is 2. The third-order valence-electron chi connectivity index (χ3n) is 15.6. The number of aryl methyl sites for hydroxylation is 1. The Balaban J connectivity index is 0.780. The number of carbonyl (C=O) groups excluding carboxylic acids is 4. The normalized spacial score (nSPS) is 21.3. The number of nitrogens with one attached hydrogen (secondary N) is 2. The fourth-order valence-electron chi connectivity index (χ4n) is 11.9. The first-order chi connectivity index (χ1) is 36.6. The molecule has 3 aliphatic heterocycles. The number of anilines is 1. The molecular formula is C57H64F3N9O7S. The minimum atomic E-state index is -4.72. The summed E-state index contributed by atoms with van der Waals surface area (Å²) in [5.74, 6) is -0.269. The SMILES string of the molecule is Cc1ncsc1-c1ccc(CNC(=O)[C@@H]2C[C@@H](O)CN2C(=O)[C@H](C(C)C)N2Cc3ccccc3C2=O)c(OCCN2CCN(c3ccc(C(=O)N[C@H]4C(C)(C)[C@H](Oc5ccc(C#N)c(C(F)(F)F)c5)C4(C)C)cn3)CC2)c1. The highest BCUT2D eigenvalue weighted by Gasteiger charge is 2.64. The van der Waals surface area contributed by atoms with Gasteiger partial charge in [0.15, 0.2) is 0 Å². The van der Waals surface area contributed by atoms with Gasteiger partial charge in [0.1, 0.15) is 42.1 Å². The summed E-state index contributed by atoms with van der Waals surface area (Å²) in [6.07, 6.45) is -4.56. The Morgan fingerprint density at radius 3 is 2.36 bits per heavy atom. The maximum atomic E-state index is 14.3. The van der Waals surface area contributed by atoms with Crippen molar-refractivity contribution in [1.82, 2.24) is 35.3 Å². The molecule has 3 aromatic carbocycles. The summed E-state index contributed by atoms with van der Waals surface area (Å²) in [7, 11) is 0. The van der Waals surface area contributed by atoms with Crippen molar-refractivity contribution in [2.24, 2.45) is 16.7 Å². The van der Waals surface area contributed by atoms with Gasteiger partial charge in [-0.05, 0) is 66.4 Å². The van der Waals surface area contributed by atoms with Gasteiger partial charge < -0.3 is 39.9 Å². The third-order valence-corrected chi connectivity index (χ3v) is 16.6. The third kappa shape index (κ3) is 11.1. The number of benzene rings is 3. The van der Waals surface area contributed by atoms with E-state index in [1.807, 2.05) is 84.9 Å². The van der Waals surface area contributed by atoms with E-state index in [1.54, 1.807) is 40.9 Å². The summed E-state index contributed by atoms with van der Waals surface area (Å²) < 4.78 is 53.7. The quantitative estimate of drug-likeness (QED) is 0.0884. The Kier molecular flexibility index (Phi) is 15.4. The molecule has 77 heavy (non-hydrogen) atoms.